The number of rotatable bonds is 7. The first-order valence-corrected chi connectivity index (χ1v) is 11.5. The van der Waals surface area contributed by atoms with Crippen molar-refractivity contribution in [1.82, 2.24) is 15.1 Å². The molecule has 2 fully saturated rings. The number of thiocarbonyl (C=S) groups is 1. The van der Waals surface area contributed by atoms with Crippen LogP contribution in [0.3, 0.4) is 0 Å². The molecule has 1 aromatic rings. The lowest BCUT2D eigenvalue weighted by Gasteiger charge is -2.36. The second kappa shape index (κ2) is 11.2. The zero-order chi connectivity index (χ0) is 18.9. The van der Waals surface area contributed by atoms with Crippen LogP contribution >= 0.6 is 23.8 Å². The summed E-state index contributed by atoms with van der Waals surface area (Å²) in [6, 6.07) is 8.76. The molecule has 1 heterocycles. The lowest BCUT2D eigenvalue weighted by atomic mass is 9.94. The van der Waals surface area contributed by atoms with Gasteiger partial charge in [-0.25, -0.2) is 0 Å². The molecule has 1 saturated carbocycles. The number of benzene rings is 1. The number of piperidine rings is 1. The number of likely N-dealkylation sites (tertiary alicyclic amines) is 1. The Morgan fingerprint density at radius 2 is 1.70 bits per heavy atom. The second-order valence-electron chi connectivity index (χ2n) is 8.03. The Morgan fingerprint density at radius 3 is 2.41 bits per heavy atom. The Labute approximate surface area is 175 Å². The molecule has 0 bridgehead atoms. The van der Waals surface area contributed by atoms with Crippen molar-refractivity contribution in [3.8, 4) is 0 Å². The van der Waals surface area contributed by atoms with Gasteiger partial charge in [0, 0.05) is 24.2 Å². The van der Waals surface area contributed by atoms with Crippen molar-refractivity contribution in [3.63, 3.8) is 0 Å². The predicted octanol–water partition coefficient (Wildman–Crippen LogP) is 5.23. The molecule has 3 rings (SSSR count). The molecule has 1 aliphatic heterocycles. The highest BCUT2D eigenvalue weighted by Crippen LogP contribution is 2.24. The van der Waals surface area contributed by atoms with E-state index in [1.54, 1.807) is 0 Å². The van der Waals surface area contributed by atoms with Crippen LogP contribution in [0.4, 0.5) is 0 Å². The van der Waals surface area contributed by atoms with E-state index in [1.165, 1.54) is 83.0 Å². The summed E-state index contributed by atoms with van der Waals surface area (Å²) in [4.78, 5) is 5.03. The highest BCUT2D eigenvalue weighted by atomic mass is 35.5. The number of hydrogen-bond acceptors (Lipinski definition) is 2. The van der Waals surface area contributed by atoms with Gasteiger partial charge in [-0.05, 0) is 81.7 Å². The van der Waals surface area contributed by atoms with Gasteiger partial charge in [0.2, 0.25) is 0 Å². The zero-order valence-corrected chi connectivity index (χ0v) is 18.0. The van der Waals surface area contributed by atoms with Crippen molar-refractivity contribution in [1.29, 1.82) is 0 Å². The van der Waals surface area contributed by atoms with Gasteiger partial charge in [0.25, 0.3) is 0 Å². The first-order valence-electron chi connectivity index (χ1n) is 10.7. The van der Waals surface area contributed by atoms with Gasteiger partial charge < -0.3 is 15.1 Å². The average molecular weight is 408 g/mol. The summed E-state index contributed by atoms with van der Waals surface area (Å²) >= 11 is 11.9. The van der Waals surface area contributed by atoms with E-state index in [9.17, 15) is 0 Å². The van der Waals surface area contributed by atoms with Crippen molar-refractivity contribution in [3.05, 3.63) is 34.9 Å². The fourth-order valence-corrected chi connectivity index (χ4v) is 4.77. The molecule has 3 nitrogen and oxygen atoms in total. The van der Waals surface area contributed by atoms with E-state index in [0.29, 0.717) is 6.04 Å². The van der Waals surface area contributed by atoms with Crippen LogP contribution in [0.1, 0.15) is 63.4 Å². The third-order valence-electron chi connectivity index (χ3n) is 5.92. The van der Waals surface area contributed by atoms with Crippen molar-refractivity contribution in [2.24, 2.45) is 0 Å². The molecule has 0 radical (unpaired) electrons. The molecule has 0 amide bonds. The van der Waals surface area contributed by atoms with Crippen LogP contribution in [0.15, 0.2) is 24.3 Å². The van der Waals surface area contributed by atoms with Crippen LogP contribution in [-0.4, -0.2) is 47.1 Å². The summed E-state index contributed by atoms with van der Waals surface area (Å²) in [7, 11) is 0. The van der Waals surface area contributed by atoms with Crippen LogP contribution in [0.2, 0.25) is 5.02 Å². The van der Waals surface area contributed by atoms with Gasteiger partial charge in [-0.1, -0.05) is 49.4 Å². The van der Waals surface area contributed by atoms with Crippen LogP contribution in [0.25, 0.3) is 0 Å². The smallest absolute Gasteiger partial charge is 0.169 e. The molecule has 0 aromatic heterocycles. The first kappa shape index (κ1) is 20.9. The third kappa shape index (κ3) is 6.92. The molecule has 27 heavy (non-hydrogen) atoms. The maximum Gasteiger partial charge on any atom is 0.169 e. The topological polar surface area (TPSA) is 18.5 Å². The summed E-state index contributed by atoms with van der Waals surface area (Å²) in [5.41, 5.74) is 1.28. The highest BCUT2D eigenvalue weighted by Gasteiger charge is 2.23. The monoisotopic (exact) mass is 407 g/mol. The van der Waals surface area contributed by atoms with E-state index in [1.807, 2.05) is 12.1 Å². The van der Waals surface area contributed by atoms with Crippen LogP contribution in [0, 0.1) is 0 Å². The normalized spacial score (nSPS) is 19.0. The Kier molecular flexibility index (Phi) is 8.69. The maximum absolute atomic E-state index is 6.05. The van der Waals surface area contributed by atoms with Gasteiger partial charge in [0.1, 0.15) is 0 Å². The standard InChI is InChI=1S/C22H34ClN3S/c23-20-12-10-19(11-13-20)18-26(21-8-3-1-4-9-21)22(27)24-14-7-17-25-15-5-2-6-16-25/h10-13,21H,1-9,14-18H2,(H,24,27). The molecule has 2 aliphatic rings. The van der Waals surface area contributed by atoms with E-state index >= 15 is 0 Å². The molecule has 0 unspecified atom stereocenters. The molecule has 5 heteroatoms. The first-order chi connectivity index (χ1) is 13.2. The Hall–Kier alpha value is -0.840. The minimum Gasteiger partial charge on any atom is -0.363 e. The van der Waals surface area contributed by atoms with Gasteiger partial charge in [-0.15, -0.1) is 0 Å². The van der Waals surface area contributed by atoms with Crippen LogP contribution < -0.4 is 5.32 Å². The SMILES string of the molecule is S=C(NCCCN1CCCCC1)N(Cc1ccc(Cl)cc1)C1CCCCC1. The molecule has 1 aromatic carbocycles. The summed E-state index contributed by atoms with van der Waals surface area (Å²) in [5, 5.41) is 5.28. The predicted molar refractivity (Wildman–Crippen MR) is 119 cm³/mol. The summed E-state index contributed by atoms with van der Waals surface area (Å²) in [6.07, 6.45) is 11.8. The van der Waals surface area contributed by atoms with Gasteiger partial charge in [-0.3, -0.25) is 0 Å². The number of nitrogens with zero attached hydrogens (tertiary/aromatic N) is 2. The quantitative estimate of drug-likeness (QED) is 0.492. The van der Waals surface area contributed by atoms with E-state index in [0.717, 1.165) is 23.2 Å². The Bertz CT molecular complexity index is 565. The Balaban J connectivity index is 1.50. The number of halogens is 1. The fourth-order valence-electron chi connectivity index (χ4n) is 4.33. The highest BCUT2D eigenvalue weighted by molar-refractivity contribution is 7.80. The second-order valence-corrected chi connectivity index (χ2v) is 8.86. The molecule has 1 saturated heterocycles. The van der Waals surface area contributed by atoms with E-state index in [2.05, 4.69) is 27.2 Å². The molecular formula is C22H34ClN3S. The minimum absolute atomic E-state index is 0.566. The van der Waals surface area contributed by atoms with Gasteiger partial charge in [0.05, 0.1) is 0 Å². The lowest BCUT2D eigenvalue weighted by molar-refractivity contribution is 0.223. The van der Waals surface area contributed by atoms with Crippen LogP contribution in [-0.2, 0) is 6.54 Å². The van der Waals surface area contributed by atoms with Gasteiger partial charge in [0.15, 0.2) is 5.11 Å². The maximum atomic E-state index is 6.05. The van der Waals surface area contributed by atoms with Crippen molar-refractivity contribution in [2.75, 3.05) is 26.2 Å². The van der Waals surface area contributed by atoms with Crippen molar-refractivity contribution >= 4 is 28.9 Å². The van der Waals surface area contributed by atoms with E-state index < -0.39 is 0 Å². The minimum atomic E-state index is 0.566. The number of hydrogen-bond donors (Lipinski definition) is 1. The zero-order valence-electron chi connectivity index (χ0n) is 16.5. The van der Waals surface area contributed by atoms with Crippen LogP contribution in [0.5, 0.6) is 0 Å². The van der Waals surface area contributed by atoms with Gasteiger partial charge >= 0.3 is 0 Å². The Morgan fingerprint density at radius 1 is 1.04 bits per heavy atom. The largest absolute Gasteiger partial charge is 0.363 e. The van der Waals surface area contributed by atoms with Crippen molar-refractivity contribution < 1.29 is 0 Å². The summed E-state index contributed by atoms with van der Waals surface area (Å²) < 4.78 is 0. The molecule has 0 atom stereocenters. The third-order valence-corrected chi connectivity index (χ3v) is 6.55. The lowest BCUT2D eigenvalue weighted by Crippen LogP contribution is -2.46. The van der Waals surface area contributed by atoms with E-state index in [-0.39, 0.29) is 0 Å². The molecule has 1 N–H and O–H groups in total. The molecule has 150 valence electrons. The number of nitrogens with one attached hydrogen (secondary N) is 1. The molecule has 0 spiro atoms. The summed E-state index contributed by atoms with van der Waals surface area (Å²) in [5.74, 6) is 0. The molecule has 1 aliphatic carbocycles. The van der Waals surface area contributed by atoms with E-state index in [4.69, 9.17) is 23.8 Å². The van der Waals surface area contributed by atoms with Crippen molar-refractivity contribution in [2.45, 2.75) is 70.4 Å². The van der Waals surface area contributed by atoms with Gasteiger partial charge in [-0.2, -0.15) is 0 Å². The average Bonchev–Trinajstić information content (AvgIpc) is 2.72. The summed E-state index contributed by atoms with van der Waals surface area (Å²) in [6.45, 7) is 5.58. The fraction of sp³-hybridized carbons (Fsp3) is 0.682. The molecular weight excluding hydrogens is 374 g/mol.